The molecule has 1 aromatic heterocycles. The molecule has 0 aliphatic carbocycles. The molecule has 98 valence electrons. The van der Waals surface area contributed by atoms with Gasteiger partial charge < -0.3 is 10.5 Å². The second kappa shape index (κ2) is 5.23. The summed E-state index contributed by atoms with van der Waals surface area (Å²) in [6.07, 6.45) is 1.58. The van der Waals surface area contributed by atoms with Crippen LogP contribution in [0.15, 0.2) is 34.9 Å². The molecule has 2 aromatic rings. The van der Waals surface area contributed by atoms with E-state index in [-0.39, 0.29) is 17.3 Å². The molecule has 2 N–H and O–H groups in total. The number of hydrogen-bond donors (Lipinski definition) is 1. The van der Waals surface area contributed by atoms with E-state index in [1.165, 1.54) is 12.1 Å². The molecule has 6 nitrogen and oxygen atoms in total. The zero-order chi connectivity index (χ0) is 14.0. The van der Waals surface area contributed by atoms with Crippen molar-refractivity contribution in [2.75, 3.05) is 5.73 Å². The molecule has 0 saturated carbocycles. The summed E-state index contributed by atoms with van der Waals surface area (Å²) < 4.78 is 6.01. The molecule has 2 rings (SSSR count). The zero-order valence-corrected chi connectivity index (χ0v) is 11.5. The highest BCUT2D eigenvalue weighted by atomic mass is 79.9. The highest BCUT2D eigenvalue weighted by Crippen LogP contribution is 2.34. The Bertz CT molecular complexity index is 646. The molecule has 0 unspecified atom stereocenters. The summed E-state index contributed by atoms with van der Waals surface area (Å²) >= 11 is 3.17. The van der Waals surface area contributed by atoms with Crippen LogP contribution in [-0.2, 0) is 0 Å². The number of benzene rings is 1. The van der Waals surface area contributed by atoms with Crippen LogP contribution in [0, 0.1) is 17.0 Å². The van der Waals surface area contributed by atoms with E-state index in [0.717, 1.165) is 5.56 Å². The molecule has 0 fully saturated rings. The minimum Gasteiger partial charge on any atom is -0.430 e. The monoisotopic (exact) mass is 323 g/mol. The lowest BCUT2D eigenvalue weighted by Gasteiger charge is -2.08. The minimum absolute atomic E-state index is 0.0938. The van der Waals surface area contributed by atoms with Crippen LogP contribution in [0.1, 0.15) is 5.56 Å². The molecule has 0 atom stereocenters. The number of anilines is 1. The molecular formula is C12H10BrN3O3. The first-order valence-corrected chi connectivity index (χ1v) is 6.10. The van der Waals surface area contributed by atoms with E-state index in [1.807, 2.05) is 6.92 Å². The van der Waals surface area contributed by atoms with Crippen LogP contribution >= 0.6 is 15.9 Å². The molecule has 0 saturated heterocycles. The first-order valence-electron chi connectivity index (χ1n) is 5.31. The third kappa shape index (κ3) is 3.00. The Balaban J connectivity index is 2.40. The van der Waals surface area contributed by atoms with Crippen molar-refractivity contribution in [1.82, 2.24) is 4.98 Å². The van der Waals surface area contributed by atoms with Gasteiger partial charge in [0.1, 0.15) is 0 Å². The van der Waals surface area contributed by atoms with Gasteiger partial charge in [0, 0.05) is 16.7 Å². The van der Waals surface area contributed by atoms with Gasteiger partial charge >= 0.3 is 5.69 Å². The maximum atomic E-state index is 11.0. The van der Waals surface area contributed by atoms with Crippen molar-refractivity contribution >= 4 is 27.3 Å². The Labute approximate surface area is 117 Å². The lowest BCUT2D eigenvalue weighted by atomic mass is 10.3. The number of hydrogen-bond acceptors (Lipinski definition) is 5. The predicted molar refractivity (Wildman–Crippen MR) is 74.3 cm³/mol. The second-order valence-electron chi connectivity index (χ2n) is 3.88. The molecule has 7 heteroatoms. The fourth-order valence-electron chi connectivity index (χ4n) is 1.49. The predicted octanol–water partition coefficient (Wildman–Crippen LogP) is 3.44. The summed E-state index contributed by atoms with van der Waals surface area (Å²) in [6, 6.07) is 6.18. The normalized spacial score (nSPS) is 10.2. The van der Waals surface area contributed by atoms with E-state index >= 15 is 0 Å². The molecule has 0 spiro atoms. The number of nitro benzene ring substituents is 1. The van der Waals surface area contributed by atoms with Gasteiger partial charge in [-0.3, -0.25) is 10.1 Å². The molecule has 0 amide bonds. The van der Waals surface area contributed by atoms with Gasteiger partial charge in [0.05, 0.1) is 10.6 Å². The standard InChI is InChI=1S/C12H10BrN3O3/c1-7-4-9(14)12(15-6-7)19-11-3-2-8(13)5-10(11)16(17)18/h2-6H,14H2,1H3. The summed E-state index contributed by atoms with van der Waals surface area (Å²) in [5.41, 5.74) is 6.82. The first kappa shape index (κ1) is 13.3. The number of nitrogens with zero attached hydrogens (tertiary/aromatic N) is 2. The lowest BCUT2D eigenvalue weighted by Crippen LogP contribution is -1.98. The highest BCUT2D eigenvalue weighted by Gasteiger charge is 2.17. The maximum Gasteiger partial charge on any atom is 0.312 e. The van der Waals surface area contributed by atoms with Crippen LogP contribution in [-0.4, -0.2) is 9.91 Å². The summed E-state index contributed by atoms with van der Waals surface area (Å²) in [5.74, 6) is 0.243. The van der Waals surface area contributed by atoms with Gasteiger partial charge in [-0.1, -0.05) is 15.9 Å². The van der Waals surface area contributed by atoms with Crippen LogP contribution < -0.4 is 10.5 Å². The van der Waals surface area contributed by atoms with Crippen LogP contribution in [0.2, 0.25) is 0 Å². The van der Waals surface area contributed by atoms with Crippen LogP contribution in [0.25, 0.3) is 0 Å². The van der Waals surface area contributed by atoms with Crippen molar-refractivity contribution in [3.8, 4) is 11.6 Å². The number of ether oxygens (including phenoxy) is 1. The Kier molecular flexibility index (Phi) is 3.66. The third-order valence-corrected chi connectivity index (χ3v) is 2.83. The van der Waals surface area contributed by atoms with Crippen molar-refractivity contribution in [2.24, 2.45) is 0 Å². The topological polar surface area (TPSA) is 91.3 Å². The molecule has 1 aromatic carbocycles. The minimum atomic E-state index is -0.523. The van der Waals surface area contributed by atoms with Gasteiger partial charge in [0.15, 0.2) is 0 Å². The number of pyridine rings is 1. The largest absolute Gasteiger partial charge is 0.430 e. The SMILES string of the molecule is Cc1cnc(Oc2ccc(Br)cc2[N+](=O)[O-])c(N)c1. The van der Waals surface area contributed by atoms with E-state index in [0.29, 0.717) is 10.2 Å². The number of halogens is 1. The van der Waals surface area contributed by atoms with E-state index in [1.54, 1.807) is 18.3 Å². The van der Waals surface area contributed by atoms with Crippen LogP contribution in [0.5, 0.6) is 11.6 Å². The number of nitrogen functional groups attached to an aromatic ring is 1. The summed E-state index contributed by atoms with van der Waals surface area (Å²) in [6.45, 7) is 1.84. The molecule has 0 aliphatic heterocycles. The van der Waals surface area contributed by atoms with Crippen molar-refractivity contribution in [3.05, 3.63) is 50.6 Å². The Hall–Kier alpha value is -2.15. The quantitative estimate of drug-likeness (QED) is 0.690. The van der Waals surface area contributed by atoms with E-state index in [9.17, 15) is 10.1 Å². The lowest BCUT2D eigenvalue weighted by molar-refractivity contribution is -0.385. The summed E-state index contributed by atoms with van der Waals surface area (Å²) in [5, 5.41) is 11.0. The number of nitrogens with two attached hydrogens (primary N) is 1. The number of aryl methyl sites for hydroxylation is 1. The second-order valence-corrected chi connectivity index (χ2v) is 4.79. The smallest absolute Gasteiger partial charge is 0.312 e. The van der Waals surface area contributed by atoms with Crippen LogP contribution in [0.4, 0.5) is 11.4 Å². The molecule has 0 bridgehead atoms. The van der Waals surface area contributed by atoms with Gasteiger partial charge in [0.25, 0.3) is 0 Å². The Morgan fingerprint density at radius 1 is 1.42 bits per heavy atom. The van der Waals surface area contributed by atoms with Gasteiger partial charge in [-0.2, -0.15) is 0 Å². The number of nitro groups is 1. The summed E-state index contributed by atoms with van der Waals surface area (Å²) in [4.78, 5) is 14.4. The molecular weight excluding hydrogens is 314 g/mol. The first-order chi connectivity index (χ1) is 8.97. The van der Waals surface area contributed by atoms with Gasteiger partial charge in [-0.15, -0.1) is 0 Å². The van der Waals surface area contributed by atoms with Gasteiger partial charge in [-0.25, -0.2) is 4.98 Å². The number of rotatable bonds is 3. The molecule has 0 aliphatic rings. The van der Waals surface area contributed by atoms with E-state index < -0.39 is 4.92 Å². The van der Waals surface area contributed by atoms with Crippen molar-refractivity contribution in [3.63, 3.8) is 0 Å². The molecule has 1 heterocycles. The van der Waals surface area contributed by atoms with Gasteiger partial charge in [-0.05, 0) is 30.7 Å². The molecule has 19 heavy (non-hydrogen) atoms. The summed E-state index contributed by atoms with van der Waals surface area (Å²) in [7, 11) is 0. The third-order valence-electron chi connectivity index (χ3n) is 2.34. The Morgan fingerprint density at radius 2 is 2.16 bits per heavy atom. The molecule has 0 radical (unpaired) electrons. The highest BCUT2D eigenvalue weighted by molar-refractivity contribution is 9.10. The fraction of sp³-hybridized carbons (Fsp3) is 0.0833. The van der Waals surface area contributed by atoms with Gasteiger partial charge in [0.2, 0.25) is 11.6 Å². The van der Waals surface area contributed by atoms with E-state index in [4.69, 9.17) is 10.5 Å². The van der Waals surface area contributed by atoms with Crippen molar-refractivity contribution < 1.29 is 9.66 Å². The van der Waals surface area contributed by atoms with Crippen LogP contribution in [0.3, 0.4) is 0 Å². The Morgan fingerprint density at radius 3 is 2.79 bits per heavy atom. The van der Waals surface area contributed by atoms with Crippen molar-refractivity contribution in [1.29, 1.82) is 0 Å². The fourth-order valence-corrected chi connectivity index (χ4v) is 1.84. The zero-order valence-electron chi connectivity index (χ0n) is 9.96. The number of aromatic nitrogens is 1. The maximum absolute atomic E-state index is 11.0. The van der Waals surface area contributed by atoms with E-state index in [2.05, 4.69) is 20.9 Å². The average molecular weight is 324 g/mol. The van der Waals surface area contributed by atoms with Crippen molar-refractivity contribution in [2.45, 2.75) is 6.92 Å². The average Bonchev–Trinajstić information content (AvgIpc) is 2.34.